The first-order valence-electron chi connectivity index (χ1n) is 10.7. The number of halogens is 1. The number of guanidine groups is 1. The molecule has 2 aromatic carbocycles. The van der Waals surface area contributed by atoms with E-state index < -0.39 is 18.2 Å². The minimum absolute atomic E-state index is 0.0490. The van der Waals surface area contributed by atoms with Crippen LogP contribution < -0.4 is 14.4 Å². The first-order valence-corrected chi connectivity index (χ1v) is 10.7. The van der Waals surface area contributed by atoms with Crippen molar-refractivity contribution in [3.63, 3.8) is 0 Å². The summed E-state index contributed by atoms with van der Waals surface area (Å²) >= 11 is 0. The number of hydrogen-bond acceptors (Lipinski definition) is 7. The Morgan fingerprint density at radius 3 is 2.47 bits per heavy atom. The highest BCUT2D eigenvalue weighted by molar-refractivity contribution is 6.10. The molecule has 5 rings (SSSR count). The number of ether oxygens (including phenoxy) is 2. The SMILES string of the molecule is COc1ccc(N2C(C)=CN3C2=NC2C3C(=O)N(Cc3ccc(F)cc3)C(=O)N2C)c(OC)c1. The average molecular weight is 465 g/mol. The van der Waals surface area contributed by atoms with Crippen molar-refractivity contribution in [2.75, 3.05) is 26.2 Å². The first-order chi connectivity index (χ1) is 16.3. The van der Waals surface area contributed by atoms with E-state index in [1.807, 2.05) is 30.2 Å². The summed E-state index contributed by atoms with van der Waals surface area (Å²) < 4.78 is 24.2. The molecule has 176 valence electrons. The van der Waals surface area contributed by atoms with E-state index in [0.29, 0.717) is 23.0 Å². The number of benzene rings is 2. The third kappa shape index (κ3) is 3.25. The summed E-state index contributed by atoms with van der Waals surface area (Å²) in [5.74, 6) is 1.03. The summed E-state index contributed by atoms with van der Waals surface area (Å²) in [5.41, 5.74) is 2.24. The normalized spacial score (nSPS) is 21.4. The molecule has 0 aliphatic carbocycles. The fourth-order valence-electron chi connectivity index (χ4n) is 4.54. The van der Waals surface area contributed by atoms with Crippen LogP contribution in [0.15, 0.2) is 59.4 Å². The summed E-state index contributed by atoms with van der Waals surface area (Å²) in [6.45, 7) is 1.96. The van der Waals surface area contributed by atoms with Crippen LogP contribution in [0.25, 0.3) is 0 Å². The number of fused-ring (bicyclic) bond motifs is 3. The molecule has 0 aromatic heterocycles. The van der Waals surface area contributed by atoms with Crippen molar-refractivity contribution < 1.29 is 23.5 Å². The van der Waals surface area contributed by atoms with E-state index in [-0.39, 0.29) is 18.3 Å². The van der Waals surface area contributed by atoms with Gasteiger partial charge in [-0.05, 0) is 36.8 Å². The Morgan fingerprint density at radius 1 is 1.06 bits per heavy atom. The van der Waals surface area contributed by atoms with Crippen LogP contribution in [-0.4, -0.2) is 66.1 Å². The van der Waals surface area contributed by atoms with Crippen molar-refractivity contribution in [2.24, 2.45) is 4.99 Å². The predicted molar refractivity (Wildman–Crippen MR) is 123 cm³/mol. The Kier molecular flexibility index (Phi) is 5.15. The number of hydrogen-bond donors (Lipinski definition) is 0. The monoisotopic (exact) mass is 465 g/mol. The van der Waals surface area contributed by atoms with Gasteiger partial charge in [0.25, 0.3) is 5.91 Å². The lowest BCUT2D eigenvalue weighted by molar-refractivity contribution is -0.137. The van der Waals surface area contributed by atoms with Gasteiger partial charge in [-0.15, -0.1) is 0 Å². The smallest absolute Gasteiger partial charge is 0.328 e. The predicted octanol–water partition coefficient (Wildman–Crippen LogP) is 2.98. The number of allylic oxidation sites excluding steroid dienone is 1. The second-order valence-corrected chi connectivity index (χ2v) is 8.28. The van der Waals surface area contributed by atoms with Gasteiger partial charge in [0.2, 0.25) is 5.96 Å². The number of methoxy groups -OCH3 is 2. The Labute approximate surface area is 196 Å². The average Bonchev–Trinajstić information content (AvgIpc) is 3.35. The number of rotatable bonds is 5. The zero-order valence-corrected chi connectivity index (χ0v) is 19.2. The number of likely N-dealkylation sites (N-methyl/N-ethyl adjacent to an activating group) is 1. The zero-order chi connectivity index (χ0) is 24.1. The molecule has 9 nitrogen and oxygen atoms in total. The van der Waals surface area contributed by atoms with Crippen LogP contribution in [-0.2, 0) is 11.3 Å². The molecule has 3 aliphatic rings. The molecule has 34 heavy (non-hydrogen) atoms. The fourth-order valence-corrected chi connectivity index (χ4v) is 4.54. The van der Waals surface area contributed by atoms with E-state index in [2.05, 4.69) is 0 Å². The van der Waals surface area contributed by atoms with E-state index in [0.717, 1.165) is 11.4 Å². The highest BCUT2D eigenvalue weighted by Crippen LogP contribution is 2.41. The van der Waals surface area contributed by atoms with Crippen LogP contribution in [0.1, 0.15) is 12.5 Å². The van der Waals surface area contributed by atoms with E-state index in [9.17, 15) is 14.0 Å². The molecular weight excluding hydrogens is 441 g/mol. The van der Waals surface area contributed by atoms with Crippen LogP contribution in [0.5, 0.6) is 11.5 Å². The van der Waals surface area contributed by atoms with Crippen LogP contribution in [0, 0.1) is 5.82 Å². The van der Waals surface area contributed by atoms with Gasteiger partial charge in [0.05, 0.1) is 26.5 Å². The standard InChI is InChI=1S/C24H24FN5O4/c1-14-12-28-20-21(26-23(28)30(14)18-10-9-17(33-3)11-19(18)34-4)27(2)24(32)29(22(20)31)13-15-5-7-16(25)8-6-15/h5-12,20-21H,13H2,1-4H3. The van der Waals surface area contributed by atoms with E-state index in [4.69, 9.17) is 14.5 Å². The van der Waals surface area contributed by atoms with Crippen molar-refractivity contribution in [2.45, 2.75) is 25.7 Å². The molecular formula is C24H24FN5O4. The quantitative estimate of drug-likeness (QED) is 0.676. The maximum absolute atomic E-state index is 13.5. The topological polar surface area (TPSA) is 77.9 Å². The van der Waals surface area contributed by atoms with E-state index in [1.54, 1.807) is 44.4 Å². The Balaban J connectivity index is 1.48. The molecule has 0 spiro atoms. The van der Waals surface area contributed by atoms with Crippen molar-refractivity contribution in [3.8, 4) is 11.5 Å². The Bertz CT molecular complexity index is 1230. The van der Waals surface area contributed by atoms with Crippen LogP contribution in [0.3, 0.4) is 0 Å². The third-order valence-electron chi connectivity index (χ3n) is 6.27. The molecule has 2 aromatic rings. The van der Waals surface area contributed by atoms with Crippen LogP contribution in [0.4, 0.5) is 14.9 Å². The maximum Gasteiger partial charge on any atom is 0.328 e. The van der Waals surface area contributed by atoms with Gasteiger partial charge >= 0.3 is 6.03 Å². The molecule has 0 saturated carbocycles. The molecule has 0 radical (unpaired) electrons. The molecule has 3 aliphatic heterocycles. The second-order valence-electron chi connectivity index (χ2n) is 8.28. The summed E-state index contributed by atoms with van der Waals surface area (Å²) in [6, 6.07) is 10.1. The van der Waals surface area contributed by atoms with Gasteiger partial charge in [-0.25, -0.2) is 14.2 Å². The summed E-state index contributed by atoms with van der Waals surface area (Å²) in [4.78, 5) is 37.7. The number of carbonyl (C=O) groups is 2. The minimum atomic E-state index is -0.706. The Morgan fingerprint density at radius 2 is 1.79 bits per heavy atom. The lowest BCUT2D eigenvalue weighted by atomic mass is 10.1. The minimum Gasteiger partial charge on any atom is -0.497 e. The third-order valence-corrected chi connectivity index (χ3v) is 6.27. The molecule has 3 amide bonds. The molecule has 2 atom stereocenters. The number of anilines is 1. The van der Waals surface area contributed by atoms with Gasteiger partial charge < -0.3 is 19.3 Å². The summed E-state index contributed by atoms with van der Waals surface area (Å²) in [5, 5.41) is 0. The lowest BCUT2D eigenvalue weighted by Gasteiger charge is -2.40. The largest absolute Gasteiger partial charge is 0.497 e. The molecule has 3 heterocycles. The van der Waals surface area contributed by atoms with Gasteiger partial charge in [-0.1, -0.05) is 12.1 Å². The maximum atomic E-state index is 13.5. The van der Waals surface area contributed by atoms with Gasteiger partial charge in [0, 0.05) is 25.0 Å². The number of urea groups is 1. The summed E-state index contributed by atoms with van der Waals surface area (Å²) in [6.07, 6.45) is 1.18. The van der Waals surface area contributed by atoms with E-state index >= 15 is 0 Å². The van der Waals surface area contributed by atoms with Gasteiger partial charge in [0.15, 0.2) is 12.2 Å². The number of amides is 3. The van der Waals surface area contributed by atoms with Crippen LogP contribution in [0.2, 0.25) is 0 Å². The highest BCUT2D eigenvalue weighted by Gasteiger charge is 2.54. The van der Waals surface area contributed by atoms with Crippen molar-refractivity contribution in [3.05, 3.63) is 65.7 Å². The molecule has 1 saturated heterocycles. The number of carbonyl (C=O) groups excluding carboxylic acids is 2. The fraction of sp³-hybridized carbons (Fsp3) is 0.292. The number of nitrogens with zero attached hydrogens (tertiary/aromatic N) is 5. The van der Waals surface area contributed by atoms with E-state index in [1.165, 1.54) is 21.9 Å². The first kappa shape index (κ1) is 21.7. The molecule has 10 heteroatoms. The number of aliphatic imine (C=N–C) groups is 1. The molecule has 0 bridgehead atoms. The lowest BCUT2D eigenvalue weighted by Crippen LogP contribution is -2.63. The van der Waals surface area contributed by atoms with Gasteiger partial charge in [-0.2, -0.15) is 0 Å². The number of imide groups is 1. The van der Waals surface area contributed by atoms with Crippen molar-refractivity contribution in [1.29, 1.82) is 0 Å². The molecule has 2 unspecified atom stereocenters. The zero-order valence-electron chi connectivity index (χ0n) is 19.2. The second kappa shape index (κ2) is 8.05. The summed E-state index contributed by atoms with van der Waals surface area (Å²) in [7, 11) is 4.79. The van der Waals surface area contributed by atoms with Crippen LogP contribution >= 0.6 is 0 Å². The molecule has 1 fully saturated rings. The van der Waals surface area contributed by atoms with Gasteiger partial charge in [-0.3, -0.25) is 14.6 Å². The molecule has 0 N–H and O–H groups in total. The highest BCUT2D eigenvalue weighted by atomic mass is 19.1. The van der Waals surface area contributed by atoms with Gasteiger partial charge in [0.1, 0.15) is 17.3 Å². The Hall–Kier alpha value is -4.08. The van der Waals surface area contributed by atoms with Crippen molar-refractivity contribution in [1.82, 2.24) is 14.7 Å². The van der Waals surface area contributed by atoms with Crippen molar-refractivity contribution >= 4 is 23.6 Å².